The van der Waals surface area contributed by atoms with Gasteiger partial charge in [-0.1, -0.05) is 42.5 Å². The van der Waals surface area contributed by atoms with Crippen molar-refractivity contribution in [2.75, 3.05) is 13.2 Å². The van der Waals surface area contributed by atoms with Gasteiger partial charge in [0.15, 0.2) is 5.43 Å². The number of rotatable bonds is 3. The minimum atomic E-state index is -0.540. The smallest absolute Gasteiger partial charge is 0.290 e. The van der Waals surface area contributed by atoms with Crippen LogP contribution in [0.3, 0.4) is 0 Å². The number of carbonyl (C=O) groups excluding carboxylic acids is 1. The molecular formula is C19H15NO4. The summed E-state index contributed by atoms with van der Waals surface area (Å²) in [6, 6.07) is 15.7. The van der Waals surface area contributed by atoms with Gasteiger partial charge in [-0.3, -0.25) is 9.59 Å². The van der Waals surface area contributed by atoms with Crippen molar-refractivity contribution in [3.8, 4) is 0 Å². The summed E-state index contributed by atoms with van der Waals surface area (Å²) in [7, 11) is 0. The Morgan fingerprint density at radius 1 is 1.00 bits per heavy atom. The fraction of sp³-hybridized carbons (Fsp3) is 0.158. The van der Waals surface area contributed by atoms with Crippen molar-refractivity contribution >= 4 is 16.9 Å². The summed E-state index contributed by atoms with van der Waals surface area (Å²) in [5.41, 5.74) is 1.36. The number of hydrogen-bond acceptors (Lipinski definition) is 4. The first-order valence-electron chi connectivity index (χ1n) is 7.75. The molecular weight excluding hydrogens is 306 g/mol. The van der Waals surface area contributed by atoms with Crippen LogP contribution in [0.25, 0.3) is 11.0 Å². The summed E-state index contributed by atoms with van der Waals surface area (Å²) in [6.45, 7) is -0.0465. The third kappa shape index (κ3) is 2.06. The summed E-state index contributed by atoms with van der Waals surface area (Å²) in [5.74, 6) is -0.295. The van der Waals surface area contributed by atoms with Crippen LogP contribution >= 0.6 is 0 Å². The summed E-state index contributed by atoms with van der Waals surface area (Å²) >= 11 is 0. The number of para-hydroxylation sites is 1. The molecule has 0 saturated carbocycles. The van der Waals surface area contributed by atoms with E-state index in [1.54, 1.807) is 24.3 Å². The number of carbonyl (C=O) groups is 1. The molecule has 120 valence electrons. The molecule has 1 aromatic heterocycles. The van der Waals surface area contributed by atoms with Gasteiger partial charge in [0.25, 0.3) is 5.91 Å². The molecule has 1 aliphatic heterocycles. The maximum Gasteiger partial charge on any atom is 0.290 e. The summed E-state index contributed by atoms with van der Waals surface area (Å²) < 4.78 is 5.75. The normalized spacial score (nSPS) is 16.6. The lowest BCUT2D eigenvalue weighted by Crippen LogP contribution is -2.32. The van der Waals surface area contributed by atoms with E-state index >= 15 is 0 Å². The Balaban J connectivity index is 2.02. The number of benzene rings is 2. The molecule has 24 heavy (non-hydrogen) atoms. The molecule has 5 heteroatoms. The number of fused-ring (bicyclic) bond motifs is 2. The Bertz CT molecular complexity index is 978. The predicted molar refractivity (Wildman–Crippen MR) is 88.9 cm³/mol. The Morgan fingerprint density at radius 2 is 1.71 bits per heavy atom. The molecule has 3 aromatic rings. The fourth-order valence-corrected chi connectivity index (χ4v) is 3.29. The van der Waals surface area contributed by atoms with Crippen molar-refractivity contribution < 1.29 is 14.3 Å². The molecule has 0 bridgehead atoms. The quantitative estimate of drug-likeness (QED) is 0.804. The number of amides is 1. The Morgan fingerprint density at radius 3 is 2.46 bits per heavy atom. The summed E-state index contributed by atoms with van der Waals surface area (Å²) in [4.78, 5) is 27.2. The molecule has 4 rings (SSSR count). The zero-order chi connectivity index (χ0) is 16.7. The van der Waals surface area contributed by atoms with E-state index in [2.05, 4.69) is 0 Å². The van der Waals surface area contributed by atoms with Crippen LogP contribution in [0.4, 0.5) is 0 Å². The largest absolute Gasteiger partial charge is 0.450 e. The molecule has 5 nitrogen and oxygen atoms in total. The third-order valence-corrected chi connectivity index (χ3v) is 4.33. The van der Waals surface area contributed by atoms with E-state index in [-0.39, 0.29) is 30.2 Å². The van der Waals surface area contributed by atoms with Gasteiger partial charge in [0, 0.05) is 6.54 Å². The van der Waals surface area contributed by atoms with Crippen LogP contribution in [-0.4, -0.2) is 29.1 Å². The molecule has 1 N–H and O–H groups in total. The van der Waals surface area contributed by atoms with Gasteiger partial charge in [-0.05, 0) is 17.7 Å². The molecule has 2 heterocycles. The van der Waals surface area contributed by atoms with Gasteiger partial charge in [0.05, 0.1) is 23.6 Å². The maximum atomic E-state index is 13.0. The lowest BCUT2D eigenvalue weighted by Gasteiger charge is -2.24. The second-order valence-corrected chi connectivity index (χ2v) is 5.71. The minimum absolute atomic E-state index is 0.0704. The first-order chi connectivity index (χ1) is 11.7. The van der Waals surface area contributed by atoms with Gasteiger partial charge in [-0.15, -0.1) is 0 Å². The first kappa shape index (κ1) is 14.7. The summed E-state index contributed by atoms with van der Waals surface area (Å²) in [5, 5.41) is 9.80. The number of hydrogen-bond donors (Lipinski definition) is 1. The van der Waals surface area contributed by atoms with E-state index < -0.39 is 6.04 Å². The van der Waals surface area contributed by atoms with Crippen molar-refractivity contribution in [3.63, 3.8) is 0 Å². The van der Waals surface area contributed by atoms with Crippen LogP contribution in [0.2, 0.25) is 0 Å². The molecule has 2 aromatic carbocycles. The van der Waals surface area contributed by atoms with Crippen LogP contribution in [0.1, 0.15) is 27.7 Å². The van der Waals surface area contributed by atoms with E-state index in [9.17, 15) is 14.7 Å². The maximum absolute atomic E-state index is 13.0. The standard InChI is InChI=1S/C19H15NO4/c21-11-10-20-16(12-6-2-1-3-7-12)15-17(22)13-8-4-5-9-14(13)24-18(15)19(20)23/h1-9,16,21H,10-11H2/t16-/m1/s1. The topological polar surface area (TPSA) is 70.8 Å². The highest BCUT2D eigenvalue weighted by Crippen LogP contribution is 2.37. The van der Waals surface area contributed by atoms with Crippen molar-refractivity contribution in [2.24, 2.45) is 0 Å². The Kier molecular flexibility index (Phi) is 3.43. The summed E-state index contributed by atoms with van der Waals surface area (Å²) in [6.07, 6.45) is 0. The highest BCUT2D eigenvalue weighted by atomic mass is 16.3. The van der Waals surface area contributed by atoms with Crippen LogP contribution in [-0.2, 0) is 0 Å². The second-order valence-electron chi connectivity index (χ2n) is 5.71. The molecule has 0 saturated heterocycles. The van der Waals surface area contributed by atoms with E-state index in [1.165, 1.54) is 4.90 Å². The Labute approximate surface area is 137 Å². The molecule has 1 amide bonds. The fourth-order valence-electron chi connectivity index (χ4n) is 3.29. The monoisotopic (exact) mass is 321 g/mol. The highest BCUT2D eigenvalue weighted by molar-refractivity contribution is 5.99. The Hall–Kier alpha value is -2.92. The lowest BCUT2D eigenvalue weighted by atomic mass is 9.98. The molecule has 0 aliphatic carbocycles. The van der Waals surface area contributed by atoms with Gasteiger partial charge >= 0.3 is 0 Å². The van der Waals surface area contributed by atoms with Gasteiger partial charge < -0.3 is 14.4 Å². The first-order valence-corrected chi connectivity index (χ1v) is 7.75. The number of aliphatic hydroxyl groups excluding tert-OH is 1. The molecule has 0 radical (unpaired) electrons. The highest BCUT2D eigenvalue weighted by Gasteiger charge is 2.42. The van der Waals surface area contributed by atoms with Crippen LogP contribution in [0, 0.1) is 0 Å². The number of β-amino-alcohol motifs (C(OH)–C–C–N with tert-alkyl or cyclic N) is 1. The van der Waals surface area contributed by atoms with Crippen molar-refractivity contribution in [1.82, 2.24) is 4.90 Å². The zero-order valence-electron chi connectivity index (χ0n) is 12.8. The van der Waals surface area contributed by atoms with Gasteiger partial charge in [0.1, 0.15) is 5.58 Å². The van der Waals surface area contributed by atoms with Crippen molar-refractivity contribution in [1.29, 1.82) is 0 Å². The lowest BCUT2D eigenvalue weighted by molar-refractivity contribution is 0.0691. The van der Waals surface area contributed by atoms with E-state index in [1.807, 2.05) is 30.3 Å². The van der Waals surface area contributed by atoms with E-state index in [0.717, 1.165) is 5.56 Å². The SMILES string of the molecule is O=C1c2oc3ccccc3c(=O)c2[C@@H](c2ccccc2)N1CCO. The molecule has 0 unspecified atom stereocenters. The molecule has 0 spiro atoms. The molecule has 1 aliphatic rings. The predicted octanol–water partition coefficient (Wildman–Crippen LogP) is 2.33. The third-order valence-electron chi connectivity index (χ3n) is 4.33. The average molecular weight is 321 g/mol. The average Bonchev–Trinajstić information content (AvgIpc) is 2.89. The van der Waals surface area contributed by atoms with E-state index in [4.69, 9.17) is 4.42 Å². The number of nitrogens with zero attached hydrogens (tertiary/aromatic N) is 1. The number of aliphatic hydroxyl groups is 1. The van der Waals surface area contributed by atoms with Gasteiger partial charge in [-0.25, -0.2) is 0 Å². The van der Waals surface area contributed by atoms with E-state index in [0.29, 0.717) is 16.5 Å². The molecule has 0 fully saturated rings. The van der Waals surface area contributed by atoms with Gasteiger partial charge in [-0.2, -0.15) is 0 Å². The minimum Gasteiger partial charge on any atom is -0.450 e. The van der Waals surface area contributed by atoms with Gasteiger partial charge in [0.2, 0.25) is 5.76 Å². The van der Waals surface area contributed by atoms with Crippen molar-refractivity contribution in [3.05, 3.63) is 81.7 Å². The second kappa shape index (κ2) is 5.62. The van der Waals surface area contributed by atoms with Crippen LogP contribution in [0.5, 0.6) is 0 Å². The molecule has 1 atom stereocenters. The van der Waals surface area contributed by atoms with Crippen LogP contribution < -0.4 is 5.43 Å². The van der Waals surface area contributed by atoms with Crippen LogP contribution in [0.15, 0.2) is 63.8 Å². The zero-order valence-corrected chi connectivity index (χ0v) is 12.8. The van der Waals surface area contributed by atoms with Crippen molar-refractivity contribution in [2.45, 2.75) is 6.04 Å².